The van der Waals surface area contributed by atoms with Crippen molar-refractivity contribution in [1.29, 1.82) is 5.41 Å². The Bertz CT molecular complexity index is 519. The van der Waals surface area contributed by atoms with Crippen LogP contribution in [0.3, 0.4) is 0 Å². The number of nitrogen functional groups attached to an aromatic ring is 1. The van der Waals surface area contributed by atoms with E-state index in [1.807, 2.05) is 12.1 Å². The van der Waals surface area contributed by atoms with E-state index in [2.05, 4.69) is 19.9 Å². The first-order valence-electron chi connectivity index (χ1n) is 6.86. The van der Waals surface area contributed by atoms with Crippen LogP contribution in [0.15, 0.2) is 30.0 Å². The van der Waals surface area contributed by atoms with E-state index < -0.39 is 0 Å². The Morgan fingerprint density at radius 3 is 2.79 bits per heavy atom. The Morgan fingerprint density at radius 1 is 1.42 bits per heavy atom. The van der Waals surface area contributed by atoms with Crippen LogP contribution >= 0.6 is 0 Å². The number of hydrogen-bond donors (Lipinski definition) is 3. The van der Waals surface area contributed by atoms with Gasteiger partial charge in [-0.3, -0.25) is 0 Å². The quantitative estimate of drug-likeness (QED) is 0.562. The molecule has 1 aliphatic carbocycles. The highest BCUT2D eigenvalue weighted by Gasteiger charge is 2.40. The summed E-state index contributed by atoms with van der Waals surface area (Å²) in [4.78, 5) is 0. The van der Waals surface area contributed by atoms with Crippen LogP contribution < -0.4 is 11.5 Å². The van der Waals surface area contributed by atoms with Gasteiger partial charge >= 0.3 is 0 Å². The highest BCUT2D eigenvalue weighted by Crippen LogP contribution is 2.48. The van der Waals surface area contributed by atoms with E-state index in [1.165, 1.54) is 24.6 Å². The van der Waals surface area contributed by atoms with Crippen molar-refractivity contribution in [2.45, 2.75) is 38.5 Å². The van der Waals surface area contributed by atoms with Gasteiger partial charge in [0.2, 0.25) is 0 Å². The lowest BCUT2D eigenvalue weighted by molar-refractivity contribution is 0.292. The van der Waals surface area contributed by atoms with Crippen molar-refractivity contribution in [3.63, 3.8) is 0 Å². The van der Waals surface area contributed by atoms with Crippen molar-refractivity contribution in [3.8, 4) is 0 Å². The third-order valence-electron chi connectivity index (χ3n) is 4.78. The molecule has 2 unspecified atom stereocenters. The second kappa shape index (κ2) is 5.08. The van der Waals surface area contributed by atoms with Gasteiger partial charge in [0.05, 0.1) is 0 Å². The normalized spacial score (nSPS) is 29.4. The summed E-state index contributed by atoms with van der Waals surface area (Å²) < 4.78 is 0. The molecule has 0 radical (unpaired) electrons. The lowest BCUT2D eigenvalue weighted by atomic mass is 9.61. The molecule has 0 spiro atoms. The van der Waals surface area contributed by atoms with Gasteiger partial charge in [-0.2, -0.15) is 0 Å². The van der Waals surface area contributed by atoms with Crippen molar-refractivity contribution < 1.29 is 0 Å². The second-order valence-electron chi connectivity index (χ2n) is 5.64. The average molecular weight is 257 g/mol. The van der Waals surface area contributed by atoms with E-state index in [-0.39, 0.29) is 5.41 Å². The van der Waals surface area contributed by atoms with E-state index in [0.29, 0.717) is 11.6 Å². The van der Waals surface area contributed by atoms with Gasteiger partial charge in [0.25, 0.3) is 0 Å². The van der Waals surface area contributed by atoms with E-state index in [9.17, 15) is 0 Å². The fourth-order valence-electron chi connectivity index (χ4n) is 3.36. The van der Waals surface area contributed by atoms with Crippen LogP contribution in [0.1, 0.15) is 44.2 Å². The van der Waals surface area contributed by atoms with Crippen molar-refractivity contribution in [2.75, 3.05) is 5.73 Å². The fourth-order valence-corrected chi connectivity index (χ4v) is 3.36. The lowest BCUT2D eigenvalue weighted by Crippen LogP contribution is -2.37. The van der Waals surface area contributed by atoms with E-state index >= 15 is 0 Å². The molecule has 1 fully saturated rings. The van der Waals surface area contributed by atoms with E-state index in [1.54, 1.807) is 6.20 Å². The summed E-state index contributed by atoms with van der Waals surface area (Å²) in [6.07, 6.45) is 6.52. The van der Waals surface area contributed by atoms with Gasteiger partial charge in [0.15, 0.2) is 0 Å². The minimum absolute atomic E-state index is 0.116. The summed E-state index contributed by atoms with van der Waals surface area (Å²) in [6.45, 7) is 4.50. The third kappa shape index (κ3) is 2.03. The molecule has 1 aliphatic rings. The monoisotopic (exact) mass is 257 g/mol. The van der Waals surface area contributed by atoms with Gasteiger partial charge in [-0.15, -0.1) is 0 Å². The Labute approximate surface area is 115 Å². The minimum Gasteiger partial charge on any atom is -0.405 e. The lowest BCUT2D eigenvalue weighted by Gasteiger charge is -2.43. The zero-order chi connectivity index (χ0) is 14.0. The van der Waals surface area contributed by atoms with Crippen molar-refractivity contribution >= 4 is 11.9 Å². The molecule has 0 heterocycles. The first-order chi connectivity index (χ1) is 9.05. The molecule has 0 amide bonds. The molecule has 3 nitrogen and oxygen atoms in total. The van der Waals surface area contributed by atoms with Crippen molar-refractivity contribution in [2.24, 2.45) is 11.7 Å². The van der Waals surface area contributed by atoms with Gasteiger partial charge in [-0.05, 0) is 48.6 Å². The second-order valence-corrected chi connectivity index (χ2v) is 5.64. The molecule has 2 atom stereocenters. The largest absolute Gasteiger partial charge is 0.405 e. The molecule has 1 aromatic carbocycles. The highest BCUT2D eigenvalue weighted by molar-refractivity contribution is 5.88. The van der Waals surface area contributed by atoms with Crippen LogP contribution in [-0.2, 0) is 5.41 Å². The summed E-state index contributed by atoms with van der Waals surface area (Å²) >= 11 is 0. The SMILES string of the molecule is CC1CCC/C(=C\N)C1(C)c1cccc(N)c1C=N. The molecule has 0 saturated heterocycles. The van der Waals surface area contributed by atoms with Gasteiger partial charge in [-0.25, -0.2) is 0 Å². The molecule has 1 aromatic rings. The van der Waals surface area contributed by atoms with Crippen LogP contribution in [0.4, 0.5) is 5.69 Å². The number of nitrogens with one attached hydrogen (secondary N) is 1. The van der Waals surface area contributed by atoms with Gasteiger partial charge in [-0.1, -0.05) is 26.0 Å². The molecule has 3 heteroatoms. The van der Waals surface area contributed by atoms with Crippen LogP contribution in [0.25, 0.3) is 0 Å². The number of rotatable bonds is 2. The van der Waals surface area contributed by atoms with Crippen molar-refractivity contribution in [3.05, 3.63) is 41.1 Å². The predicted octanol–water partition coefficient (Wildman–Crippen LogP) is 3.19. The van der Waals surface area contributed by atoms with E-state index in [0.717, 1.165) is 17.5 Å². The fraction of sp³-hybridized carbons (Fsp3) is 0.438. The Balaban J connectivity index is 2.66. The summed E-state index contributed by atoms with van der Waals surface area (Å²) in [5.41, 5.74) is 15.7. The Hall–Kier alpha value is -1.77. The number of nitrogens with two attached hydrogens (primary N) is 2. The topological polar surface area (TPSA) is 75.9 Å². The predicted molar refractivity (Wildman–Crippen MR) is 81.4 cm³/mol. The maximum absolute atomic E-state index is 7.66. The summed E-state index contributed by atoms with van der Waals surface area (Å²) in [7, 11) is 0. The number of anilines is 1. The number of allylic oxidation sites excluding steroid dienone is 1. The molecule has 102 valence electrons. The van der Waals surface area contributed by atoms with E-state index in [4.69, 9.17) is 16.9 Å². The summed E-state index contributed by atoms with van der Waals surface area (Å²) in [5, 5.41) is 7.66. The summed E-state index contributed by atoms with van der Waals surface area (Å²) in [6, 6.07) is 5.91. The molecule has 0 bridgehead atoms. The molecule has 2 rings (SSSR count). The molecule has 5 N–H and O–H groups in total. The van der Waals surface area contributed by atoms with Crippen molar-refractivity contribution in [1.82, 2.24) is 0 Å². The third-order valence-corrected chi connectivity index (χ3v) is 4.78. The Morgan fingerprint density at radius 2 is 2.16 bits per heavy atom. The first kappa shape index (κ1) is 13.7. The molecule has 0 aliphatic heterocycles. The molecular weight excluding hydrogens is 234 g/mol. The first-order valence-corrected chi connectivity index (χ1v) is 6.86. The molecule has 1 saturated carbocycles. The molecule has 0 aromatic heterocycles. The van der Waals surface area contributed by atoms with Gasteiger partial charge in [0.1, 0.15) is 0 Å². The smallest absolute Gasteiger partial charge is 0.0406 e. The van der Waals surface area contributed by atoms with Gasteiger partial charge in [0, 0.05) is 22.9 Å². The zero-order valence-corrected chi connectivity index (χ0v) is 11.7. The van der Waals surface area contributed by atoms with Crippen LogP contribution in [0, 0.1) is 11.3 Å². The minimum atomic E-state index is -0.116. The van der Waals surface area contributed by atoms with Gasteiger partial charge < -0.3 is 16.9 Å². The molecule has 19 heavy (non-hydrogen) atoms. The van der Waals surface area contributed by atoms with Crippen LogP contribution in [0.5, 0.6) is 0 Å². The summed E-state index contributed by atoms with van der Waals surface area (Å²) in [5.74, 6) is 0.497. The standard InChI is InChI=1S/C16H23N3/c1-11-5-3-6-12(9-17)16(11,2)14-7-4-8-15(19)13(14)10-18/h4,7-11,18H,3,5-6,17,19H2,1-2H3/b12-9+,18-10?. The maximum atomic E-state index is 7.66. The van der Waals surface area contributed by atoms with Crippen LogP contribution in [-0.4, -0.2) is 6.21 Å². The zero-order valence-electron chi connectivity index (χ0n) is 11.7. The number of hydrogen-bond acceptors (Lipinski definition) is 3. The molecular formula is C16H23N3. The highest BCUT2D eigenvalue weighted by atomic mass is 14.6. The average Bonchev–Trinajstić information content (AvgIpc) is 2.41. The van der Waals surface area contributed by atoms with Crippen LogP contribution in [0.2, 0.25) is 0 Å². The number of benzene rings is 1. The Kier molecular flexibility index (Phi) is 3.65. The maximum Gasteiger partial charge on any atom is 0.0406 e.